The lowest BCUT2D eigenvalue weighted by atomic mass is 10.1. The first-order chi connectivity index (χ1) is 13.1. The monoisotopic (exact) mass is 367 g/mol. The Morgan fingerprint density at radius 1 is 1.00 bits per heavy atom. The zero-order chi connectivity index (χ0) is 19.2. The van der Waals surface area contributed by atoms with Crippen molar-refractivity contribution in [2.45, 2.75) is 6.92 Å². The van der Waals surface area contributed by atoms with E-state index < -0.39 is 0 Å². The van der Waals surface area contributed by atoms with Gasteiger partial charge in [0.05, 0.1) is 18.4 Å². The summed E-state index contributed by atoms with van der Waals surface area (Å²) in [5.74, 6) is 0.387. The number of para-hydroxylation sites is 1. The predicted molar refractivity (Wildman–Crippen MR) is 105 cm³/mol. The number of rotatable bonds is 5. The molecule has 0 aliphatic carbocycles. The van der Waals surface area contributed by atoms with Crippen LogP contribution in [0.15, 0.2) is 48.5 Å². The number of benzene rings is 2. The average Bonchev–Trinajstić information content (AvgIpc) is 2.73. The summed E-state index contributed by atoms with van der Waals surface area (Å²) >= 11 is 0. The number of amides is 2. The minimum atomic E-state index is -0.256. The van der Waals surface area contributed by atoms with E-state index in [1.165, 1.54) is 0 Å². The molecule has 1 N–H and O–H groups in total. The SMILES string of the molecule is CCN1CCN(C(=O)c2ccccc2NC(=O)c2ccc(OC)cc2)CC1. The van der Waals surface area contributed by atoms with E-state index in [2.05, 4.69) is 17.1 Å². The summed E-state index contributed by atoms with van der Waals surface area (Å²) in [4.78, 5) is 29.7. The van der Waals surface area contributed by atoms with Crippen LogP contribution in [0.4, 0.5) is 5.69 Å². The first-order valence-electron chi connectivity index (χ1n) is 9.18. The highest BCUT2D eigenvalue weighted by molar-refractivity contribution is 6.09. The molecule has 0 spiro atoms. The van der Waals surface area contributed by atoms with Crippen molar-refractivity contribution in [3.8, 4) is 5.75 Å². The van der Waals surface area contributed by atoms with Gasteiger partial charge in [-0.25, -0.2) is 0 Å². The van der Waals surface area contributed by atoms with Gasteiger partial charge in [-0.1, -0.05) is 19.1 Å². The zero-order valence-electron chi connectivity index (χ0n) is 15.8. The van der Waals surface area contributed by atoms with Crippen LogP contribution in [0, 0.1) is 0 Å². The molecule has 1 saturated heterocycles. The van der Waals surface area contributed by atoms with Crippen molar-refractivity contribution in [2.75, 3.05) is 45.2 Å². The first-order valence-corrected chi connectivity index (χ1v) is 9.18. The van der Waals surface area contributed by atoms with Crippen LogP contribution in [-0.4, -0.2) is 61.4 Å². The lowest BCUT2D eigenvalue weighted by Crippen LogP contribution is -2.48. The lowest BCUT2D eigenvalue weighted by molar-refractivity contribution is 0.0644. The van der Waals surface area contributed by atoms with Crippen LogP contribution in [0.2, 0.25) is 0 Å². The maximum Gasteiger partial charge on any atom is 0.256 e. The number of nitrogens with one attached hydrogen (secondary N) is 1. The Morgan fingerprint density at radius 3 is 2.30 bits per heavy atom. The molecule has 2 amide bonds. The molecule has 1 aliphatic rings. The number of ether oxygens (including phenoxy) is 1. The van der Waals surface area contributed by atoms with Gasteiger partial charge in [0.1, 0.15) is 5.75 Å². The molecule has 3 rings (SSSR count). The van der Waals surface area contributed by atoms with Gasteiger partial charge >= 0.3 is 0 Å². The minimum absolute atomic E-state index is 0.0450. The average molecular weight is 367 g/mol. The van der Waals surface area contributed by atoms with Gasteiger partial charge in [0.25, 0.3) is 11.8 Å². The third-order valence-corrected chi connectivity index (χ3v) is 4.86. The maximum absolute atomic E-state index is 13.0. The summed E-state index contributed by atoms with van der Waals surface area (Å²) in [7, 11) is 1.58. The second-order valence-electron chi connectivity index (χ2n) is 6.45. The van der Waals surface area contributed by atoms with Crippen molar-refractivity contribution >= 4 is 17.5 Å². The maximum atomic E-state index is 13.0. The highest BCUT2D eigenvalue weighted by Crippen LogP contribution is 2.20. The molecule has 6 nitrogen and oxygen atoms in total. The number of carbonyl (C=O) groups is 2. The summed E-state index contributed by atoms with van der Waals surface area (Å²) in [5.41, 5.74) is 1.56. The fourth-order valence-electron chi connectivity index (χ4n) is 3.15. The molecule has 27 heavy (non-hydrogen) atoms. The van der Waals surface area contributed by atoms with Gasteiger partial charge in [-0.05, 0) is 42.9 Å². The number of carbonyl (C=O) groups excluding carboxylic acids is 2. The third kappa shape index (κ3) is 4.46. The number of anilines is 1. The summed E-state index contributed by atoms with van der Waals surface area (Å²) < 4.78 is 5.12. The largest absolute Gasteiger partial charge is 0.497 e. The summed E-state index contributed by atoms with van der Waals surface area (Å²) in [6.07, 6.45) is 0. The second-order valence-corrected chi connectivity index (χ2v) is 6.45. The van der Waals surface area contributed by atoms with E-state index >= 15 is 0 Å². The molecule has 142 valence electrons. The molecule has 1 heterocycles. The van der Waals surface area contributed by atoms with Gasteiger partial charge in [0.2, 0.25) is 0 Å². The molecule has 6 heteroatoms. The van der Waals surface area contributed by atoms with Gasteiger partial charge in [0, 0.05) is 31.7 Å². The quantitative estimate of drug-likeness (QED) is 0.883. The van der Waals surface area contributed by atoms with Crippen molar-refractivity contribution in [2.24, 2.45) is 0 Å². The van der Waals surface area contributed by atoms with Crippen molar-refractivity contribution in [1.82, 2.24) is 9.80 Å². The molecule has 1 fully saturated rings. The van der Waals surface area contributed by atoms with Crippen molar-refractivity contribution in [3.63, 3.8) is 0 Å². The predicted octanol–water partition coefficient (Wildman–Crippen LogP) is 2.73. The number of likely N-dealkylation sites (N-methyl/N-ethyl adjacent to an activating group) is 1. The van der Waals surface area contributed by atoms with E-state index in [1.54, 1.807) is 43.5 Å². The Hall–Kier alpha value is -2.86. The second kappa shape index (κ2) is 8.68. The number of piperazine rings is 1. The first kappa shape index (κ1) is 18.9. The molecular formula is C21H25N3O3. The van der Waals surface area contributed by atoms with Gasteiger partial charge in [-0.2, -0.15) is 0 Å². The van der Waals surface area contributed by atoms with Crippen LogP contribution in [-0.2, 0) is 0 Å². The van der Waals surface area contributed by atoms with Gasteiger partial charge in [0.15, 0.2) is 0 Å². The molecule has 0 unspecified atom stereocenters. The third-order valence-electron chi connectivity index (χ3n) is 4.86. The van der Waals surface area contributed by atoms with Crippen molar-refractivity contribution < 1.29 is 14.3 Å². The number of hydrogen-bond acceptors (Lipinski definition) is 4. The molecule has 2 aromatic rings. The topological polar surface area (TPSA) is 61.9 Å². The molecule has 0 radical (unpaired) electrons. The molecule has 1 aliphatic heterocycles. The van der Waals surface area contributed by atoms with E-state index in [1.807, 2.05) is 17.0 Å². The van der Waals surface area contributed by atoms with E-state index in [0.29, 0.717) is 35.7 Å². The van der Waals surface area contributed by atoms with E-state index in [0.717, 1.165) is 19.6 Å². The molecule has 0 atom stereocenters. The van der Waals surface area contributed by atoms with Crippen LogP contribution < -0.4 is 10.1 Å². The van der Waals surface area contributed by atoms with Crippen LogP contribution in [0.5, 0.6) is 5.75 Å². The smallest absolute Gasteiger partial charge is 0.256 e. The molecule has 0 saturated carbocycles. The number of methoxy groups -OCH3 is 1. The minimum Gasteiger partial charge on any atom is -0.497 e. The van der Waals surface area contributed by atoms with Gasteiger partial charge in [-0.3, -0.25) is 9.59 Å². The standard InChI is InChI=1S/C21H25N3O3/c1-3-23-12-14-24(15-13-23)21(26)18-6-4-5-7-19(18)22-20(25)16-8-10-17(27-2)11-9-16/h4-11H,3,12-15H2,1-2H3,(H,22,25). The van der Waals surface area contributed by atoms with Crippen molar-refractivity contribution in [3.05, 3.63) is 59.7 Å². The van der Waals surface area contributed by atoms with Gasteiger partial charge < -0.3 is 19.9 Å². The number of hydrogen-bond donors (Lipinski definition) is 1. The highest BCUT2D eigenvalue weighted by Gasteiger charge is 2.23. The highest BCUT2D eigenvalue weighted by atomic mass is 16.5. The fourth-order valence-corrected chi connectivity index (χ4v) is 3.15. The Balaban J connectivity index is 1.73. The Kier molecular flexibility index (Phi) is 6.08. The van der Waals surface area contributed by atoms with Crippen LogP contribution in [0.3, 0.4) is 0 Å². The number of nitrogens with zero attached hydrogens (tertiary/aromatic N) is 2. The zero-order valence-corrected chi connectivity index (χ0v) is 15.8. The summed E-state index contributed by atoms with van der Waals surface area (Å²) in [6, 6.07) is 14.0. The molecule has 2 aromatic carbocycles. The lowest BCUT2D eigenvalue weighted by Gasteiger charge is -2.34. The van der Waals surface area contributed by atoms with Crippen molar-refractivity contribution in [1.29, 1.82) is 0 Å². The Bertz CT molecular complexity index is 797. The normalized spacial score (nSPS) is 14.7. The van der Waals surface area contributed by atoms with E-state index in [4.69, 9.17) is 4.74 Å². The van der Waals surface area contributed by atoms with E-state index in [-0.39, 0.29) is 11.8 Å². The summed E-state index contributed by atoms with van der Waals surface area (Å²) in [5, 5.41) is 2.87. The van der Waals surface area contributed by atoms with Gasteiger partial charge in [-0.15, -0.1) is 0 Å². The molecule has 0 bridgehead atoms. The fraction of sp³-hybridized carbons (Fsp3) is 0.333. The molecular weight excluding hydrogens is 342 g/mol. The Labute approximate surface area is 159 Å². The Morgan fingerprint density at radius 2 is 1.67 bits per heavy atom. The van der Waals surface area contributed by atoms with Crippen LogP contribution in [0.1, 0.15) is 27.6 Å². The van der Waals surface area contributed by atoms with Crippen LogP contribution >= 0.6 is 0 Å². The molecule has 0 aromatic heterocycles. The van der Waals surface area contributed by atoms with E-state index in [9.17, 15) is 9.59 Å². The van der Waals surface area contributed by atoms with Crippen LogP contribution in [0.25, 0.3) is 0 Å². The summed E-state index contributed by atoms with van der Waals surface area (Å²) in [6.45, 7) is 6.28.